The Bertz CT molecular complexity index is 582. The summed E-state index contributed by atoms with van der Waals surface area (Å²) >= 11 is 0. The van der Waals surface area contributed by atoms with Gasteiger partial charge < -0.3 is 19.7 Å². The van der Waals surface area contributed by atoms with Gasteiger partial charge in [0.2, 0.25) is 5.91 Å². The zero-order chi connectivity index (χ0) is 19.6. The third kappa shape index (κ3) is 6.40. The summed E-state index contributed by atoms with van der Waals surface area (Å²) in [7, 11) is 3.37. The normalized spacial score (nSPS) is 15.7. The SMILES string of the molecule is CCN(CC)CCNC(=O)C1CCN(Cc2cc(OC)ccc2OC)CC1. The third-order valence-electron chi connectivity index (χ3n) is 5.46. The van der Waals surface area contributed by atoms with Crippen LogP contribution in [0.5, 0.6) is 11.5 Å². The number of benzene rings is 1. The van der Waals surface area contributed by atoms with Crippen LogP contribution in [0.4, 0.5) is 0 Å². The first kappa shape index (κ1) is 21.5. The Labute approximate surface area is 163 Å². The van der Waals surface area contributed by atoms with Gasteiger partial charge in [-0.1, -0.05) is 13.8 Å². The summed E-state index contributed by atoms with van der Waals surface area (Å²) in [6, 6.07) is 5.90. The quantitative estimate of drug-likeness (QED) is 0.678. The van der Waals surface area contributed by atoms with Crippen molar-refractivity contribution in [1.82, 2.24) is 15.1 Å². The van der Waals surface area contributed by atoms with Crippen LogP contribution >= 0.6 is 0 Å². The highest BCUT2D eigenvalue weighted by Gasteiger charge is 2.25. The molecule has 1 amide bonds. The lowest BCUT2D eigenvalue weighted by atomic mass is 9.95. The number of amides is 1. The molecule has 0 atom stereocenters. The van der Waals surface area contributed by atoms with Crippen LogP contribution in [-0.4, -0.2) is 69.2 Å². The number of likely N-dealkylation sites (N-methyl/N-ethyl adjacent to an activating group) is 1. The van der Waals surface area contributed by atoms with Gasteiger partial charge in [0.05, 0.1) is 14.2 Å². The van der Waals surface area contributed by atoms with Crippen LogP contribution in [0, 0.1) is 5.92 Å². The second-order valence-corrected chi connectivity index (χ2v) is 7.05. The molecular formula is C21H35N3O3. The second-order valence-electron chi connectivity index (χ2n) is 7.05. The van der Waals surface area contributed by atoms with Gasteiger partial charge in [-0.15, -0.1) is 0 Å². The first-order chi connectivity index (χ1) is 13.1. The lowest BCUT2D eigenvalue weighted by molar-refractivity contribution is -0.126. The van der Waals surface area contributed by atoms with Crippen molar-refractivity contribution in [2.45, 2.75) is 33.2 Å². The summed E-state index contributed by atoms with van der Waals surface area (Å²) in [5.41, 5.74) is 1.12. The molecule has 6 heteroatoms. The molecule has 1 aromatic rings. The van der Waals surface area contributed by atoms with E-state index in [2.05, 4.69) is 29.0 Å². The topological polar surface area (TPSA) is 54.0 Å². The summed E-state index contributed by atoms with van der Waals surface area (Å²) < 4.78 is 10.8. The first-order valence-electron chi connectivity index (χ1n) is 10.0. The molecule has 152 valence electrons. The zero-order valence-corrected chi connectivity index (χ0v) is 17.3. The highest BCUT2D eigenvalue weighted by Crippen LogP contribution is 2.27. The zero-order valence-electron chi connectivity index (χ0n) is 17.3. The molecule has 2 rings (SSSR count). The van der Waals surface area contributed by atoms with Gasteiger partial charge in [0.1, 0.15) is 11.5 Å². The van der Waals surface area contributed by atoms with Gasteiger partial charge in [0.25, 0.3) is 0 Å². The number of hydrogen-bond donors (Lipinski definition) is 1. The molecule has 1 aromatic carbocycles. The summed E-state index contributed by atoms with van der Waals surface area (Å²) in [6.07, 6.45) is 1.81. The van der Waals surface area contributed by atoms with Crippen molar-refractivity contribution in [1.29, 1.82) is 0 Å². The number of carbonyl (C=O) groups excluding carboxylic acids is 1. The summed E-state index contributed by atoms with van der Waals surface area (Å²) in [5.74, 6) is 2.06. The van der Waals surface area contributed by atoms with Crippen LogP contribution in [0.25, 0.3) is 0 Å². The standard InChI is InChI=1S/C21H35N3O3/c1-5-23(6-2)14-11-22-21(25)17-9-12-24(13-10-17)16-18-15-19(26-3)7-8-20(18)27-4/h7-8,15,17H,5-6,9-14,16H2,1-4H3,(H,22,25). The lowest BCUT2D eigenvalue weighted by Gasteiger charge is -2.31. The molecule has 0 aliphatic carbocycles. The Kier molecular flexibility index (Phi) is 8.88. The van der Waals surface area contributed by atoms with Crippen LogP contribution in [0.2, 0.25) is 0 Å². The fourth-order valence-electron chi connectivity index (χ4n) is 3.62. The van der Waals surface area contributed by atoms with Gasteiger partial charge in [-0.3, -0.25) is 9.69 Å². The van der Waals surface area contributed by atoms with E-state index < -0.39 is 0 Å². The molecule has 0 saturated carbocycles. The van der Waals surface area contributed by atoms with Gasteiger partial charge in [-0.25, -0.2) is 0 Å². The highest BCUT2D eigenvalue weighted by atomic mass is 16.5. The number of carbonyl (C=O) groups is 1. The van der Waals surface area contributed by atoms with Crippen molar-refractivity contribution in [3.63, 3.8) is 0 Å². The number of nitrogens with zero attached hydrogens (tertiary/aromatic N) is 2. The van der Waals surface area contributed by atoms with Crippen LogP contribution in [0.3, 0.4) is 0 Å². The maximum absolute atomic E-state index is 12.4. The minimum atomic E-state index is 0.130. The van der Waals surface area contributed by atoms with Crippen LogP contribution < -0.4 is 14.8 Å². The Hall–Kier alpha value is -1.79. The fraction of sp³-hybridized carbons (Fsp3) is 0.667. The van der Waals surface area contributed by atoms with Crippen molar-refractivity contribution in [3.8, 4) is 11.5 Å². The monoisotopic (exact) mass is 377 g/mol. The minimum absolute atomic E-state index is 0.130. The smallest absolute Gasteiger partial charge is 0.223 e. The van der Waals surface area contributed by atoms with Crippen LogP contribution in [0.15, 0.2) is 18.2 Å². The molecule has 1 heterocycles. The number of ether oxygens (including phenoxy) is 2. The van der Waals surface area contributed by atoms with Gasteiger partial charge in [-0.05, 0) is 57.2 Å². The predicted molar refractivity (Wildman–Crippen MR) is 108 cm³/mol. The van der Waals surface area contributed by atoms with Gasteiger partial charge in [-0.2, -0.15) is 0 Å². The largest absolute Gasteiger partial charge is 0.497 e. The maximum Gasteiger partial charge on any atom is 0.223 e. The maximum atomic E-state index is 12.4. The van der Waals surface area contributed by atoms with Crippen molar-refractivity contribution < 1.29 is 14.3 Å². The average Bonchev–Trinajstić information content (AvgIpc) is 2.71. The number of likely N-dealkylation sites (tertiary alicyclic amines) is 1. The van der Waals surface area contributed by atoms with E-state index in [9.17, 15) is 4.79 Å². The second kappa shape index (κ2) is 11.1. The average molecular weight is 378 g/mol. The fourth-order valence-corrected chi connectivity index (χ4v) is 3.62. The van der Waals surface area contributed by atoms with Gasteiger partial charge >= 0.3 is 0 Å². The van der Waals surface area contributed by atoms with E-state index in [1.54, 1.807) is 14.2 Å². The van der Waals surface area contributed by atoms with Crippen molar-refractivity contribution in [2.75, 3.05) is 53.5 Å². The van der Waals surface area contributed by atoms with E-state index in [4.69, 9.17) is 9.47 Å². The van der Waals surface area contributed by atoms with Crippen molar-refractivity contribution >= 4 is 5.91 Å². The first-order valence-corrected chi connectivity index (χ1v) is 10.0. The third-order valence-corrected chi connectivity index (χ3v) is 5.46. The molecule has 1 N–H and O–H groups in total. The molecule has 1 aliphatic rings. The molecule has 0 bridgehead atoms. The molecule has 6 nitrogen and oxygen atoms in total. The molecule has 0 spiro atoms. The molecule has 1 saturated heterocycles. The number of nitrogens with one attached hydrogen (secondary N) is 1. The summed E-state index contributed by atoms with van der Waals surface area (Å²) in [4.78, 5) is 17.1. The molecule has 0 aromatic heterocycles. The summed E-state index contributed by atoms with van der Waals surface area (Å²) in [6.45, 7) is 10.7. The number of methoxy groups -OCH3 is 2. The van der Waals surface area contributed by atoms with E-state index in [1.807, 2.05) is 18.2 Å². The Balaban J connectivity index is 1.79. The summed E-state index contributed by atoms with van der Waals surface area (Å²) in [5, 5.41) is 3.11. The van der Waals surface area contributed by atoms with Crippen LogP contribution in [-0.2, 0) is 11.3 Å². The van der Waals surface area contributed by atoms with Crippen LogP contribution in [0.1, 0.15) is 32.3 Å². The molecule has 0 radical (unpaired) electrons. The molecule has 1 fully saturated rings. The van der Waals surface area contributed by atoms with E-state index in [-0.39, 0.29) is 11.8 Å². The predicted octanol–water partition coefficient (Wildman–Crippen LogP) is 2.37. The van der Waals surface area contributed by atoms with E-state index in [0.717, 1.165) is 75.7 Å². The number of rotatable bonds is 10. The van der Waals surface area contributed by atoms with Crippen molar-refractivity contribution in [2.24, 2.45) is 5.92 Å². The highest BCUT2D eigenvalue weighted by molar-refractivity contribution is 5.78. The number of piperidine rings is 1. The minimum Gasteiger partial charge on any atom is -0.497 e. The Morgan fingerprint density at radius 1 is 1.19 bits per heavy atom. The van der Waals surface area contributed by atoms with E-state index >= 15 is 0 Å². The Morgan fingerprint density at radius 3 is 2.48 bits per heavy atom. The molecule has 27 heavy (non-hydrogen) atoms. The van der Waals surface area contributed by atoms with Gasteiger partial charge in [0, 0.05) is 31.1 Å². The van der Waals surface area contributed by atoms with E-state index in [1.165, 1.54) is 0 Å². The van der Waals surface area contributed by atoms with Gasteiger partial charge in [0.15, 0.2) is 0 Å². The van der Waals surface area contributed by atoms with E-state index in [0.29, 0.717) is 0 Å². The lowest BCUT2D eigenvalue weighted by Crippen LogP contribution is -2.42. The number of hydrogen-bond acceptors (Lipinski definition) is 5. The molecular weight excluding hydrogens is 342 g/mol. The Morgan fingerprint density at radius 2 is 1.89 bits per heavy atom. The molecule has 0 unspecified atom stereocenters. The molecule has 1 aliphatic heterocycles. The van der Waals surface area contributed by atoms with Crippen molar-refractivity contribution in [3.05, 3.63) is 23.8 Å².